The van der Waals surface area contributed by atoms with E-state index in [1.807, 2.05) is 24.3 Å². The normalized spacial score (nSPS) is 21.4. The molecule has 28 heavy (non-hydrogen) atoms. The molecule has 3 aliphatic heterocycles. The second-order valence-corrected chi connectivity index (χ2v) is 8.96. The summed E-state index contributed by atoms with van der Waals surface area (Å²) in [7, 11) is -0.403. The highest BCUT2D eigenvalue weighted by atomic mass is 35.5. The topological polar surface area (TPSA) is 36.9 Å². The number of benzene rings is 2. The Hall–Kier alpha value is -1.95. The van der Waals surface area contributed by atoms with Gasteiger partial charge in [-0.3, -0.25) is 0 Å². The van der Waals surface area contributed by atoms with Gasteiger partial charge in [0.25, 0.3) is 0 Å². The molecule has 0 aliphatic carbocycles. The van der Waals surface area contributed by atoms with Crippen molar-refractivity contribution in [1.82, 2.24) is 0 Å². The SMILES string of the molecule is CC1(C)OB(c2ccc3c(c2)OCC2=C3COc3cc(Cl)ccc32)OC1(C)C. The third-order valence-corrected chi connectivity index (χ3v) is 6.47. The summed E-state index contributed by atoms with van der Waals surface area (Å²) in [6, 6.07) is 11.9. The van der Waals surface area contributed by atoms with E-state index in [4.69, 9.17) is 30.4 Å². The quantitative estimate of drug-likeness (QED) is 0.672. The Kier molecular flexibility index (Phi) is 3.90. The van der Waals surface area contributed by atoms with E-state index in [1.54, 1.807) is 0 Å². The summed E-state index contributed by atoms with van der Waals surface area (Å²) < 4.78 is 24.5. The van der Waals surface area contributed by atoms with Gasteiger partial charge in [-0.2, -0.15) is 0 Å². The highest BCUT2D eigenvalue weighted by Gasteiger charge is 2.51. The van der Waals surface area contributed by atoms with E-state index < -0.39 is 7.12 Å². The standard InChI is InChI=1S/C22H22BClO4/c1-21(2)22(3,4)28-23(27-21)13-5-7-15-17-12-26-20-10-14(24)6-8-16(20)18(17)11-25-19(15)9-13/h5-10H,11-12H2,1-4H3. The van der Waals surface area contributed by atoms with Crippen LogP contribution in [0.1, 0.15) is 38.8 Å². The van der Waals surface area contributed by atoms with Crippen LogP contribution in [-0.2, 0) is 9.31 Å². The van der Waals surface area contributed by atoms with Crippen molar-refractivity contribution in [3.63, 3.8) is 0 Å². The second kappa shape index (κ2) is 6.02. The number of rotatable bonds is 1. The molecular weight excluding hydrogens is 375 g/mol. The number of hydrogen-bond acceptors (Lipinski definition) is 4. The van der Waals surface area contributed by atoms with Crippen LogP contribution in [0.2, 0.25) is 5.02 Å². The van der Waals surface area contributed by atoms with Crippen LogP contribution in [0.3, 0.4) is 0 Å². The van der Waals surface area contributed by atoms with Crippen molar-refractivity contribution >= 4 is 35.3 Å². The minimum atomic E-state index is -0.403. The van der Waals surface area contributed by atoms with Gasteiger partial charge >= 0.3 is 7.12 Å². The summed E-state index contributed by atoms with van der Waals surface area (Å²) in [5.74, 6) is 1.65. The van der Waals surface area contributed by atoms with Gasteiger partial charge in [-0.25, -0.2) is 0 Å². The van der Waals surface area contributed by atoms with Crippen LogP contribution >= 0.6 is 11.6 Å². The number of ether oxygens (including phenoxy) is 2. The fourth-order valence-electron chi connectivity index (χ4n) is 3.85. The zero-order valence-electron chi connectivity index (χ0n) is 16.5. The van der Waals surface area contributed by atoms with E-state index in [-0.39, 0.29) is 11.2 Å². The van der Waals surface area contributed by atoms with Gasteiger partial charge < -0.3 is 18.8 Å². The van der Waals surface area contributed by atoms with Crippen LogP contribution in [0, 0.1) is 0 Å². The lowest BCUT2D eigenvalue weighted by atomic mass is 9.77. The molecule has 3 aliphatic rings. The van der Waals surface area contributed by atoms with Gasteiger partial charge in [-0.1, -0.05) is 23.7 Å². The Morgan fingerprint density at radius 3 is 1.93 bits per heavy atom. The number of halogens is 1. The van der Waals surface area contributed by atoms with E-state index in [9.17, 15) is 0 Å². The highest BCUT2D eigenvalue weighted by molar-refractivity contribution is 6.62. The zero-order chi connectivity index (χ0) is 19.7. The second-order valence-electron chi connectivity index (χ2n) is 8.52. The third-order valence-electron chi connectivity index (χ3n) is 6.23. The summed E-state index contributed by atoms with van der Waals surface area (Å²) in [4.78, 5) is 0. The van der Waals surface area contributed by atoms with Crippen LogP contribution in [0.15, 0.2) is 36.4 Å². The summed E-state index contributed by atoms with van der Waals surface area (Å²) in [6.45, 7) is 9.25. The molecule has 2 aromatic rings. The molecule has 3 heterocycles. The first-order chi connectivity index (χ1) is 13.2. The van der Waals surface area contributed by atoms with Gasteiger partial charge in [-0.15, -0.1) is 0 Å². The lowest BCUT2D eigenvalue weighted by Gasteiger charge is -2.32. The molecule has 0 saturated carbocycles. The first kappa shape index (κ1) is 18.1. The largest absolute Gasteiger partial charge is 0.494 e. The molecule has 0 unspecified atom stereocenters. The number of fused-ring (bicyclic) bond motifs is 4. The summed E-state index contributed by atoms with van der Waals surface area (Å²) in [6.07, 6.45) is 0. The molecule has 1 saturated heterocycles. The van der Waals surface area contributed by atoms with E-state index in [0.717, 1.165) is 39.2 Å². The molecule has 0 radical (unpaired) electrons. The molecule has 0 atom stereocenters. The molecule has 4 nitrogen and oxygen atoms in total. The van der Waals surface area contributed by atoms with Crippen LogP contribution in [0.5, 0.6) is 11.5 Å². The molecule has 0 aromatic heterocycles. The van der Waals surface area contributed by atoms with E-state index in [2.05, 4.69) is 39.8 Å². The van der Waals surface area contributed by atoms with Gasteiger partial charge in [0.15, 0.2) is 0 Å². The Bertz CT molecular complexity index is 996. The fourth-order valence-corrected chi connectivity index (χ4v) is 4.02. The van der Waals surface area contributed by atoms with Crippen LogP contribution < -0.4 is 14.9 Å². The first-order valence-electron chi connectivity index (χ1n) is 9.53. The van der Waals surface area contributed by atoms with Crippen LogP contribution in [0.25, 0.3) is 11.1 Å². The molecule has 0 amide bonds. The molecule has 0 N–H and O–H groups in total. The molecule has 6 heteroatoms. The predicted molar refractivity (Wildman–Crippen MR) is 111 cm³/mol. The average Bonchev–Trinajstić information content (AvgIpc) is 2.87. The van der Waals surface area contributed by atoms with Gasteiger partial charge in [0.1, 0.15) is 24.7 Å². The zero-order valence-corrected chi connectivity index (χ0v) is 17.2. The van der Waals surface area contributed by atoms with Crippen molar-refractivity contribution in [2.75, 3.05) is 13.2 Å². The molecular formula is C22H22BClO4. The van der Waals surface area contributed by atoms with Crippen LogP contribution in [0.4, 0.5) is 0 Å². The smallest absolute Gasteiger partial charge is 0.488 e. The van der Waals surface area contributed by atoms with E-state index in [1.165, 1.54) is 0 Å². The summed E-state index contributed by atoms with van der Waals surface area (Å²) in [5.41, 5.74) is 4.66. The Labute approximate surface area is 170 Å². The first-order valence-corrected chi connectivity index (χ1v) is 9.90. The lowest BCUT2D eigenvalue weighted by molar-refractivity contribution is 0.00578. The van der Waals surface area contributed by atoms with Gasteiger partial charge in [0.2, 0.25) is 0 Å². The minimum Gasteiger partial charge on any atom is -0.488 e. The molecule has 2 aromatic carbocycles. The van der Waals surface area contributed by atoms with Crippen molar-refractivity contribution < 1.29 is 18.8 Å². The van der Waals surface area contributed by atoms with E-state index in [0.29, 0.717) is 18.2 Å². The lowest BCUT2D eigenvalue weighted by Crippen LogP contribution is -2.41. The molecule has 5 rings (SSSR count). The van der Waals surface area contributed by atoms with Crippen molar-refractivity contribution in [3.8, 4) is 11.5 Å². The van der Waals surface area contributed by atoms with Crippen molar-refractivity contribution in [2.24, 2.45) is 0 Å². The molecule has 0 spiro atoms. The maximum absolute atomic E-state index is 6.18. The van der Waals surface area contributed by atoms with Crippen molar-refractivity contribution in [1.29, 1.82) is 0 Å². The monoisotopic (exact) mass is 396 g/mol. The van der Waals surface area contributed by atoms with Crippen molar-refractivity contribution in [2.45, 2.75) is 38.9 Å². The fraction of sp³-hybridized carbons (Fsp3) is 0.364. The predicted octanol–water partition coefficient (Wildman–Crippen LogP) is 4.33. The summed E-state index contributed by atoms with van der Waals surface area (Å²) >= 11 is 6.10. The average molecular weight is 397 g/mol. The van der Waals surface area contributed by atoms with Gasteiger partial charge in [-0.05, 0) is 57.4 Å². The molecule has 0 bridgehead atoms. The van der Waals surface area contributed by atoms with Crippen molar-refractivity contribution in [3.05, 3.63) is 52.5 Å². The van der Waals surface area contributed by atoms with Gasteiger partial charge in [0.05, 0.1) is 11.2 Å². The maximum atomic E-state index is 6.18. The molecule has 1 fully saturated rings. The maximum Gasteiger partial charge on any atom is 0.494 e. The summed E-state index contributed by atoms with van der Waals surface area (Å²) in [5, 5.41) is 0.673. The van der Waals surface area contributed by atoms with Gasteiger partial charge in [0, 0.05) is 27.3 Å². The Balaban J connectivity index is 1.51. The van der Waals surface area contributed by atoms with E-state index >= 15 is 0 Å². The third kappa shape index (κ3) is 2.68. The Morgan fingerprint density at radius 1 is 0.786 bits per heavy atom. The minimum absolute atomic E-state index is 0.369. The number of hydrogen-bond donors (Lipinski definition) is 0. The van der Waals surface area contributed by atoms with Crippen LogP contribution in [-0.4, -0.2) is 31.5 Å². The highest BCUT2D eigenvalue weighted by Crippen LogP contribution is 2.44. The Morgan fingerprint density at radius 2 is 1.32 bits per heavy atom. The molecule has 144 valence electrons.